The Kier molecular flexibility index (Phi) is 6.47. The van der Waals surface area contributed by atoms with E-state index in [1.807, 2.05) is 31.4 Å². The summed E-state index contributed by atoms with van der Waals surface area (Å²) in [5, 5.41) is 2.89. The lowest BCUT2D eigenvalue weighted by molar-refractivity contribution is 0.102. The molecule has 0 spiro atoms. The van der Waals surface area contributed by atoms with Crippen molar-refractivity contribution >= 4 is 35.1 Å². The number of nitrogens with zero attached hydrogens (tertiary/aromatic N) is 1. The van der Waals surface area contributed by atoms with E-state index < -0.39 is 6.09 Å². The first-order valence-corrected chi connectivity index (χ1v) is 9.15. The van der Waals surface area contributed by atoms with Gasteiger partial charge in [0.2, 0.25) is 0 Å². The topological polar surface area (TPSA) is 58.6 Å². The molecule has 0 aliphatic carbocycles. The molecule has 5 nitrogen and oxygen atoms in total. The Hall–Kier alpha value is -2.47. The average Bonchev–Trinajstić information content (AvgIpc) is 2.62. The van der Waals surface area contributed by atoms with Crippen LogP contribution in [0.1, 0.15) is 22.8 Å². The third-order valence-electron chi connectivity index (χ3n) is 3.74. The lowest BCUT2D eigenvalue weighted by Crippen LogP contribution is -2.26. The van der Waals surface area contributed by atoms with Gasteiger partial charge in [-0.25, -0.2) is 4.79 Å². The van der Waals surface area contributed by atoms with Crippen LogP contribution < -0.4 is 10.2 Å². The number of anilines is 2. The van der Waals surface area contributed by atoms with E-state index in [2.05, 4.69) is 5.32 Å². The van der Waals surface area contributed by atoms with Crippen molar-refractivity contribution < 1.29 is 14.3 Å². The molecule has 0 heterocycles. The van der Waals surface area contributed by atoms with Crippen molar-refractivity contribution in [3.63, 3.8) is 0 Å². The molecule has 0 bridgehead atoms. The summed E-state index contributed by atoms with van der Waals surface area (Å²) in [5.74, 6) is -0.153. The largest absolute Gasteiger partial charge is 0.449 e. The number of amides is 2. The first kappa shape index (κ1) is 18.9. The van der Waals surface area contributed by atoms with Crippen LogP contribution in [-0.4, -0.2) is 31.9 Å². The Bertz CT molecular complexity index is 760. The molecule has 2 amide bonds. The Morgan fingerprint density at radius 2 is 1.84 bits per heavy atom. The summed E-state index contributed by atoms with van der Waals surface area (Å²) in [4.78, 5) is 26.7. The second-order valence-electron chi connectivity index (χ2n) is 5.44. The Balaban J connectivity index is 2.11. The van der Waals surface area contributed by atoms with Gasteiger partial charge in [-0.2, -0.15) is 0 Å². The van der Waals surface area contributed by atoms with E-state index in [4.69, 9.17) is 4.74 Å². The first-order valence-electron chi connectivity index (χ1n) is 7.92. The van der Waals surface area contributed by atoms with Crippen LogP contribution >= 0.6 is 11.8 Å². The van der Waals surface area contributed by atoms with E-state index in [1.54, 1.807) is 50.0 Å². The van der Waals surface area contributed by atoms with E-state index in [9.17, 15) is 9.59 Å². The smallest absolute Gasteiger partial charge is 0.413 e. The fourth-order valence-corrected chi connectivity index (χ4v) is 2.71. The molecule has 1 N–H and O–H groups in total. The summed E-state index contributed by atoms with van der Waals surface area (Å²) in [6.07, 6.45) is 1.56. The quantitative estimate of drug-likeness (QED) is 0.796. The highest BCUT2D eigenvalue weighted by Gasteiger charge is 2.13. The number of rotatable bonds is 5. The zero-order chi connectivity index (χ0) is 18.4. The number of aryl methyl sites for hydroxylation is 1. The highest BCUT2D eigenvalue weighted by atomic mass is 32.2. The van der Waals surface area contributed by atoms with Gasteiger partial charge in [0.15, 0.2) is 0 Å². The molecule has 2 aromatic rings. The number of hydrogen-bond acceptors (Lipinski definition) is 4. The molecule has 0 atom stereocenters. The van der Waals surface area contributed by atoms with E-state index in [0.29, 0.717) is 23.5 Å². The standard InChI is InChI=1S/C19H22N2O3S/c1-5-24-19(23)21(3)15-9-7-14(8-10-15)20-18(22)17-12-16(25-4)11-6-13(17)2/h6-12H,5H2,1-4H3,(H,20,22). The summed E-state index contributed by atoms with van der Waals surface area (Å²) in [7, 11) is 1.64. The molecule has 0 aliphatic rings. The number of thioether (sulfide) groups is 1. The SMILES string of the molecule is CCOC(=O)N(C)c1ccc(NC(=O)c2cc(SC)ccc2C)cc1. The number of hydrogen-bond donors (Lipinski definition) is 1. The monoisotopic (exact) mass is 358 g/mol. The van der Waals surface area contributed by atoms with E-state index >= 15 is 0 Å². The third-order valence-corrected chi connectivity index (χ3v) is 4.47. The number of nitrogens with one attached hydrogen (secondary N) is 1. The molecule has 0 aliphatic heterocycles. The maximum absolute atomic E-state index is 12.5. The summed E-state index contributed by atoms with van der Waals surface area (Å²) < 4.78 is 4.96. The first-order chi connectivity index (χ1) is 12.0. The zero-order valence-corrected chi connectivity index (χ0v) is 15.6. The molecule has 0 radical (unpaired) electrons. The molecule has 132 valence electrons. The van der Waals surface area contributed by atoms with Crippen LogP contribution in [0.3, 0.4) is 0 Å². The normalized spacial score (nSPS) is 10.2. The van der Waals surface area contributed by atoms with E-state index in [-0.39, 0.29) is 5.91 Å². The number of carbonyl (C=O) groups is 2. The van der Waals surface area contributed by atoms with Crippen LogP contribution in [0.5, 0.6) is 0 Å². The predicted octanol–water partition coefficient (Wildman–Crippen LogP) is 4.56. The summed E-state index contributed by atoms with van der Waals surface area (Å²) in [6.45, 7) is 4.00. The van der Waals surface area contributed by atoms with Gasteiger partial charge in [-0.3, -0.25) is 9.69 Å². The van der Waals surface area contributed by atoms with Crippen LogP contribution in [0.2, 0.25) is 0 Å². The van der Waals surface area contributed by atoms with Crippen molar-refractivity contribution in [2.45, 2.75) is 18.7 Å². The van der Waals surface area contributed by atoms with Gasteiger partial charge in [0.05, 0.1) is 6.61 Å². The van der Waals surface area contributed by atoms with Crippen molar-refractivity contribution in [2.24, 2.45) is 0 Å². The van der Waals surface area contributed by atoms with Gasteiger partial charge in [0, 0.05) is 28.9 Å². The van der Waals surface area contributed by atoms with Gasteiger partial charge in [-0.05, 0) is 62.1 Å². The van der Waals surface area contributed by atoms with Crippen LogP contribution in [0, 0.1) is 6.92 Å². The summed E-state index contributed by atoms with van der Waals surface area (Å²) in [6, 6.07) is 12.9. The minimum Gasteiger partial charge on any atom is -0.449 e. The Morgan fingerprint density at radius 3 is 2.44 bits per heavy atom. The van der Waals surface area contributed by atoms with Crippen molar-refractivity contribution in [3.05, 3.63) is 53.6 Å². The van der Waals surface area contributed by atoms with E-state index in [1.165, 1.54) is 4.90 Å². The molecule has 0 saturated heterocycles. The van der Waals surface area contributed by atoms with E-state index in [0.717, 1.165) is 10.5 Å². The van der Waals surface area contributed by atoms with Gasteiger partial charge in [-0.1, -0.05) is 6.07 Å². The number of carbonyl (C=O) groups excluding carboxylic acids is 2. The highest BCUT2D eigenvalue weighted by Crippen LogP contribution is 2.22. The van der Waals surface area contributed by atoms with Gasteiger partial charge in [0.1, 0.15) is 0 Å². The molecule has 0 saturated carbocycles. The van der Waals surface area contributed by atoms with Gasteiger partial charge >= 0.3 is 6.09 Å². The minimum absolute atomic E-state index is 0.153. The fraction of sp³-hybridized carbons (Fsp3) is 0.263. The van der Waals surface area contributed by atoms with Gasteiger partial charge in [-0.15, -0.1) is 11.8 Å². The van der Waals surface area contributed by atoms with Crippen molar-refractivity contribution in [2.75, 3.05) is 30.1 Å². The molecule has 2 rings (SSSR count). The third kappa shape index (κ3) is 4.76. The second kappa shape index (κ2) is 8.58. The second-order valence-corrected chi connectivity index (χ2v) is 6.32. The van der Waals surface area contributed by atoms with Crippen molar-refractivity contribution in [3.8, 4) is 0 Å². The van der Waals surface area contributed by atoms with Crippen LogP contribution in [0.4, 0.5) is 16.2 Å². The summed E-state index contributed by atoms with van der Waals surface area (Å²) in [5.41, 5.74) is 2.94. The average molecular weight is 358 g/mol. The highest BCUT2D eigenvalue weighted by molar-refractivity contribution is 7.98. The minimum atomic E-state index is -0.413. The molecule has 0 aromatic heterocycles. The number of benzene rings is 2. The maximum atomic E-state index is 12.5. The lowest BCUT2D eigenvalue weighted by Gasteiger charge is -2.17. The summed E-state index contributed by atoms with van der Waals surface area (Å²) >= 11 is 1.60. The fourth-order valence-electron chi connectivity index (χ4n) is 2.27. The van der Waals surface area contributed by atoms with Gasteiger partial charge < -0.3 is 10.1 Å². The molecule has 0 unspecified atom stereocenters. The molecular weight excluding hydrogens is 336 g/mol. The Morgan fingerprint density at radius 1 is 1.16 bits per heavy atom. The molecule has 25 heavy (non-hydrogen) atoms. The lowest BCUT2D eigenvalue weighted by atomic mass is 10.1. The van der Waals surface area contributed by atoms with Crippen LogP contribution in [-0.2, 0) is 4.74 Å². The molecule has 0 fully saturated rings. The predicted molar refractivity (Wildman–Crippen MR) is 103 cm³/mol. The zero-order valence-electron chi connectivity index (χ0n) is 14.8. The number of ether oxygens (including phenoxy) is 1. The molecule has 6 heteroatoms. The molecular formula is C19H22N2O3S. The Labute approximate surface area is 152 Å². The van der Waals surface area contributed by atoms with Crippen molar-refractivity contribution in [1.82, 2.24) is 0 Å². The molecule has 2 aromatic carbocycles. The van der Waals surface area contributed by atoms with Gasteiger partial charge in [0.25, 0.3) is 5.91 Å². The van der Waals surface area contributed by atoms with Crippen LogP contribution in [0.15, 0.2) is 47.4 Å². The van der Waals surface area contributed by atoms with Crippen molar-refractivity contribution in [1.29, 1.82) is 0 Å². The van der Waals surface area contributed by atoms with Crippen LogP contribution in [0.25, 0.3) is 0 Å². The maximum Gasteiger partial charge on any atom is 0.413 e.